The van der Waals surface area contributed by atoms with E-state index in [0.717, 1.165) is 11.1 Å². The minimum atomic E-state index is -0.144. The topological polar surface area (TPSA) is 72.7 Å². The van der Waals surface area contributed by atoms with Gasteiger partial charge >= 0.3 is 0 Å². The number of nitrogens with zero attached hydrogens (tertiary/aromatic N) is 4. The first-order chi connectivity index (χ1) is 12.1. The Balaban J connectivity index is 1.67. The number of carbonyl (C=O) groups excluding carboxylic acids is 1. The van der Waals surface area contributed by atoms with Gasteiger partial charge in [0.25, 0.3) is 0 Å². The fraction of sp³-hybridized carbons (Fsp3) is 0.176. The molecule has 3 rings (SSSR count). The second-order valence-electron chi connectivity index (χ2n) is 5.35. The van der Waals surface area contributed by atoms with Crippen LogP contribution in [0.25, 0.3) is 11.4 Å². The normalized spacial score (nSPS) is 10.7. The molecule has 0 radical (unpaired) electrons. The summed E-state index contributed by atoms with van der Waals surface area (Å²) >= 11 is 7.52. The summed E-state index contributed by atoms with van der Waals surface area (Å²) in [6.45, 7) is 1.90. The summed E-state index contributed by atoms with van der Waals surface area (Å²) in [6.07, 6.45) is 1.65. The molecular weight excluding hydrogens is 358 g/mol. The quantitative estimate of drug-likeness (QED) is 0.692. The molecule has 25 heavy (non-hydrogen) atoms. The number of nitrogens with one attached hydrogen (secondary N) is 1. The standard InChI is InChI=1S/C17H16ClN5OS/c1-11-6-5-9-19-15(11)20-14(24)10-25-17-22-21-16(23(17)2)12-7-3-4-8-13(12)18/h3-9H,10H2,1-2H3,(H,19,20,24). The maximum absolute atomic E-state index is 12.1. The van der Waals surface area contributed by atoms with Crippen molar-refractivity contribution >= 4 is 35.1 Å². The van der Waals surface area contributed by atoms with Gasteiger partial charge in [-0.1, -0.05) is 41.6 Å². The molecule has 0 aliphatic rings. The van der Waals surface area contributed by atoms with Gasteiger partial charge in [-0.15, -0.1) is 10.2 Å². The Morgan fingerprint density at radius 1 is 1.24 bits per heavy atom. The van der Waals surface area contributed by atoms with Crippen LogP contribution in [-0.2, 0) is 11.8 Å². The Hall–Kier alpha value is -2.38. The first-order valence-corrected chi connectivity index (χ1v) is 8.91. The highest BCUT2D eigenvalue weighted by Gasteiger charge is 2.15. The molecule has 2 aromatic heterocycles. The fourth-order valence-corrected chi connectivity index (χ4v) is 3.16. The third kappa shape index (κ3) is 4.00. The number of carbonyl (C=O) groups is 1. The second-order valence-corrected chi connectivity index (χ2v) is 6.70. The van der Waals surface area contributed by atoms with Crippen molar-refractivity contribution in [3.05, 3.63) is 53.2 Å². The molecule has 0 bridgehead atoms. The number of anilines is 1. The van der Waals surface area contributed by atoms with Crippen LogP contribution in [-0.4, -0.2) is 31.4 Å². The molecule has 2 heterocycles. The minimum absolute atomic E-state index is 0.144. The summed E-state index contributed by atoms with van der Waals surface area (Å²) in [4.78, 5) is 16.3. The highest BCUT2D eigenvalue weighted by Crippen LogP contribution is 2.28. The summed E-state index contributed by atoms with van der Waals surface area (Å²) in [5.74, 6) is 1.30. The number of rotatable bonds is 5. The third-order valence-corrected chi connectivity index (χ3v) is 4.90. The van der Waals surface area contributed by atoms with Crippen molar-refractivity contribution in [2.24, 2.45) is 7.05 Å². The van der Waals surface area contributed by atoms with Crippen LogP contribution in [0.2, 0.25) is 5.02 Å². The van der Waals surface area contributed by atoms with Gasteiger partial charge in [-0.25, -0.2) is 4.98 Å². The van der Waals surface area contributed by atoms with Gasteiger partial charge in [-0.3, -0.25) is 4.79 Å². The molecule has 1 amide bonds. The molecule has 3 aromatic rings. The largest absolute Gasteiger partial charge is 0.310 e. The molecule has 0 atom stereocenters. The molecule has 1 aromatic carbocycles. The van der Waals surface area contributed by atoms with E-state index < -0.39 is 0 Å². The van der Waals surface area contributed by atoms with Gasteiger partial charge in [-0.05, 0) is 30.7 Å². The first kappa shape index (κ1) is 17.4. The second kappa shape index (κ2) is 7.67. The first-order valence-electron chi connectivity index (χ1n) is 7.55. The van der Waals surface area contributed by atoms with Crippen molar-refractivity contribution < 1.29 is 4.79 Å². The number of thioether (sulfide) groups is 1. The van der Waals surface area contributed by atoms with Gasteiger partial charge in [0.05, 0.1) is 10.8 Å². The van der Waals surface area contributed by atoms with Crippen LogP contribution < -0.4 is 5.32 Å². The van der Waals surface area contributed by atoms with E-state index in [1.807, 2.05) is 48.9 Å². The molecular formula is C17H16ClN5OS. The third-order valence-electron chi connectivity index (χ3n) is 3.55. The van der Waals surface area contributed by atoms with E-state index in [1.165, 1.54) is 11.8 Å². The van der Waals surface area contributed by atoms with E-state index in [9.17, 15) is 4.79 Å². The number of amides is 1. The SMILES string of the molecule is Cc1cccnc1NC(=O)CSc1nnc(-c2ccccc2Cl)n1C. The molecule has 8 heteroatoms. The van der Waals surface area contributed by atoms with E-state index in [-0.39, 0.29) is 11.7 Å². The van der Waals surface area contributed by atoms with Crippen LogP contribution in [0.5, 0.6) is 0 Å². The maximum atomic E-state index is 12.1. The van der Waals surface area contributed by atoms with Crippen LogP contribution in [0.3, 0.4) is 0 Å². The molecule has 0 aliphatic carbocycles. The summed E-state index contributed by atoms with van der Waals surface area (Å²) in [7, 11) is 1.85. The summed E-state index contributed by atoms with van der Waals surface area (Å²) < 4.78 is 1.82. The van der Waals surface area contributed by atoms with Crippen molar-refractivity contribution in [2.45, 2.75) is 12.1 Å². The summed E-state index contributed by atoms with van der Waals surface area (Å²) in [5.41, 5.74) is 1.72. The Kier molecular flexibility index (Phi) is 5.35. The predicted octanol–water partition coefficient (Wildman–Crippen LogP) is 3.57. The maximum Gasteiger partial charge on any atom is 0.236 e. The van der Waals surface area contributed by atoms with Crippen molar-refractivity contribution in [2.75, 3.05) is 11.1 Å². The molecule has 0 spiro atoms. The lowest BCUT2D eigenvalue weighted by atomic mass is 10.2. The van der Waals surface area contributed by atoms with Gasteiger partial charge in [0.1, 0.15) is 5.82 Å². The average Bonchev–Trinajstić information content (AvgIpc) is 2.96. The van der Waals surface area contributed by atoms with Gasteiger partial charge < -0.3 is 9.88 Å². The minimum Gasteiger partial charge on any atom is -0.310 e. The average molecular weight is 374 g/mol. The molecule has 0 unspecified atom stereocenters. The molecule has 6 nitrogen and oxygen atoms in total. The Morgan fingerprint density at radius 3 is 2.80 bits per heavy atom. The fourth-order valence-electron chi connectivity index (χ4n) is 2.23. The Labute approximate surface area is 154 Å². The zero-order valence-corrected chi connectivity index (χ0v) is 15.3. The number of hydrogen-bond donors (Lipinski definition) is 1. The van der Waals surface area contributed by atoms with E-state index in [1.54, 1.807) is 12.3 Å². The number of aryl methyl sites for hydroxylation is 1. The zero-order chi connectivity index (χ0) is 17.8. The van der Waals surface area contributed by atoms with E-state index in [0.29, 0.717) is 21.8 Å². The highest BCUT2D eigenvalue weighted by molar-refractivity contribution is 7.99. The Bertz CT molecular complexity index is 912. The number of hydrogen-bond acceptors (Lipinski definition) is 5. The lowest BCUT2D eigenvalue weighted by Gasteiger charge is -2.07. The molecule has 1 N–H and O–H groups in total. The van der Waals surface area contributed by atoms with Crippen LogP contribution >= 0.6 is 23.4 Å². The smallest absolute Gasteiger partial charge is 0.236 e. The van der Waals surface area contributed by atoms with Gasteiger partial charge in [0.15, 0.2) is 11.0 Å². The van der Waals surface area contributed by atoms with Crippen LogP contribution in [0.15, 0.2) is 47.8 Å². The number of aromatic nitrogens is 4. The molecule has 0 aliphatic heterocycles. The molecule has 0 fully saturated rings. The predicted molar refractivity (Wildman–Crippen MR) is 99.8 cm³/mol. The zero-order valence-electron chi connectivity index (χ0n) is 13.7. The van der Waals surface area contributed by atoms with Crippen LogP contribution in [0, 0.1) is 6.92 Å². The molecule has 0 saturated heterocycles. The number of benzene rings is 1. The number of pyridine rings is 1. The highest BCUT2D eigenvalue weighted by atomic mass is 35.5. The Morgan fingerprint density at radius 2 is 2.04 bits per heavy atom. The lowest BCUT2D eigenvalue weighted by molar-refractivity contribution is -0.113. The monoisotopic (exact) mass is 373 g/mol. The van der Waals surface area contributed by atoms with Crippen molar-refractivity contribution in [3.63, 3.8) is 0 Å². The van der Waals surface area contributed by atoms with E-state index >= 15 is 0 Å². The molecule has 0 saturated carbocycles. The van der Waals surface area contributed by atoms with Gasteiger partial charge in [-0.2, -0.15) is 0 Å². The van der Waals surface area contributed by atoms with Gasteiger partial charge in [0, 0.05) is 18.8 Å². The van der Waals surface area contributed by atoms with Crippen LogP contribution in [0.1, 0.15) is 5.56 Å². The number of halogens is 1. The van der Waals surface area contributed by atoms with Crippen molar-refractivity contribution in [1.82, 2.24) is 19.7 Å². The molecule has 128 valence electrons. The van der Waals surface area contributed by atoms with E-state index in [2.05, 4.69) is 20.5 Å². The summed E-state index contributed by atoms with van der Waals surface area (Å²) in [5, 5.41) is 12.4. The van der Waals surface area contributed by atoms with Gasteiger partial charge in [0.2, 0.25) is 5.91 Å². The van der Waals surface area contributed by atoms with Crippen molar-refractivity contribution in [1.29, 1.82) is 0 Å². The van der Waals surface area contributed by atoms with Crippen LogP contribution in [0.4, 0.5) is 5.82 Å². The summed E-state index contributed by atoms with van der Waals surface area (Å²) in [6, 6.07) is 11.2. The van der Waals surface area contributed by atoms with Crippen molar-refractivity contribution in [3.8, 4) is 11.4 Å². The lowest BCUT2D eigenvalue weighted by Crippen LogP contribution is -2.16. The van der Waals surface area contributed by atoms with E-state index in [4.69, 9.17) is 11.6 Å².